The maximum absolute atomic E-state index is 14.5. The minimum absolute atomic E-state index is 0.215. The fraction of sp³-hybridized carbons (Fsp3) is 0.235. The molecule has 0 saturated carbocycles. The van der Waals surface area contributed by atoms with Gasteiger partial charge in [0, 0.05) is 29.6 Å². The summed E-state index contributed by atoms with van der Waals surface area (Å²) in [5.41, 5.74) is 3.30. The van der Waals surface area contributed by atoms with E-state index in [0.29, 0.717) is 5.56 Å². The van der Waals surface area contributed by atoms with E-state index in [9.17, 15) is 4.39 Å². The van der Waals surface area contributed by atoms with Gasteiger partial charge in [-0.05, 0) is 30.0 Å². The van der Waals surface area contributed by atoms with Crippen molar-refractivity contribution in [1.29, 1.82) is 0 Å². The van der Waals surface area contributed by atoms with Crippen molar-refractivity contribution < 1.29 is 4.39 Å². The quantitative estimate of drug-likeness (QED) is 0.732. The molecular formula is C17H16FN3S. The summed E-state index contributed by atoms with van der Waals surface area (Å²) in [6.07, 6.45) is 2.04. The molecule has 0 radical (unpaired) electrons. The molecule has 1 aliphatic heterocycles. The Kier molecular flexibility index (Phi) is 3.39. The molecule has 0 fully saturated rings. The predicted octanol–water partition coefficient (Wildman–Crippen LogP) is 3.67. The van der Waals surface area contributed by atoms with Gasteiger partial charge < -0.3 is 9.88 Å². The van der Waals surface area contributed by atoms with Crippen molar-refractivity contribution in [2.24, 2.45) is 0 Å². The van der Waals surface area contributed by atoms with Crippen molar-refractivity contribution in [1.82, 2.24) is 14.9 Å². The van der Waals surface area contributed by atoms with E-state index in [0.717, 1.165) is 42.1 Å². The van der Waals surface area contributed by atoms with Crippen molar-refractivity contribution in [3.05, 3.63) is 48.0 Å². The van der Waals surface area contributed by atoms with Crippen molar-refractivity contribution in [3.8, 4) is 11.1 Å². The second-order valence-electron chi connectivity index (χ2n) is 5.41. The third-order valence-electron chi connectivity index (χ3n) is 4.11. The lowest BCUT2D eigenvalue weighted by atomic mass is 10.0. The molecule has 3 aromatic rings. The third kappa shape index (κ3) is 2.21. The number of benzene rings is 2. The summed E-state index contributed by atoms with van der Waals surface area (Å²) in [5.74, 6) is 0.767. The second kappa shape index (κ2) is 5.41. The van der Waals surface area contributed by atoms with Gasteiger partial charge in [-0.2, -0.15) is 0 Å². The summed E-state index contributed by atoms with van der Waals surface area (Å²) in [6.45, 7) is 2.55. The minimum Gasteiger partial charge on any atom is -0.326 e. The molecular weight excluding hydrogens is 297 g/mol. The van der Waals surface area contributed by atoms with Gasteiger partial charge in [0.2, 0.25) is 0 Å². The fourth-order valence-electron chi connectivity index (χ4n) is 2.96. The van der Waals surface area contributed by atoms with Crippen molar-refractivity contribution in [3.63, 3.8) is 0 Å². The van der Waals surface area contributed by atoms with Crippen LogP contribution in [0.5, 0.6) is 0 Å². The molecule has 2 aromatic carbocycles. The number of fused-ring (bicyclic) bond motifs is 3. The van der Waals surface area contributed by atoms with Crippen LogP contribution in [0, 0.1) is 5.82 Å². The maximum Gasteiger partial charge on any atom is 0.133 e. The molecule has 112 valence electrons. The number of hydrogen-bond acceptors (Lipinski definition) is 3. The van der Waals surface area contributed by atoms with E-state index >= 15 is 0 Å². The molecule has 22 heavy (non-hydrogen) atoms. The Hall–Kier alpha value is -1.85. The van der Waals surface area contributed by atoms with Gasteiger partial charge in [-0.25, -0.2) is 9.37 Å². The fourth-order valence-corrected chi connectivity index (χ4v) is 3.37. The third-order valence-corrected chi connectivity index (χ3v) is 4.86. The van der Waals surface area contributed by atoms with Crippen LogP contribution in [0.2, 0.25) is 0 Å². The molecule has 4 rings (SSSR count). The zero-order chi connectivity index (χ0) is 15.1. The predicted molar refractivity (Wildman–Crippen MR) is 88.6 cm³/mol. The summed E-state index contributed by atoms with van der Waals surface area (Å²) in [5, 5.41) is 3.30. The van der Waals surface area contributed by atoms with Gasteiger partial charge in [0.15, 0.2) is 0 Å². The van der Waals surface area contributed by atoms with Crippen LogP contribution in [-0.4, -0.2) is 22.4 Å². The molecule has 0 aliphatic carbocycles. The Bertz CT molecular complexity index is 839. The van der Waals surface area contributed by atoms with Gasteiger partial charge in [0.25, 0.3) is 0 Å². The highest BCUT2D eigenvalue weighted by molar-refractivity contribution is 7.98. The normalized spacial score (nSPS) is 14.3. The molecule has 0 saturated heterocycles. The van der Waals surface area contributed by atoms with Crippen LogP contribution in [0.3, 0.4) is 0 Å². The second-order valence-corrected chi connectivity index (χ2v) is 6.29. The van der Waals surface area contributed by atoms with Crippen LogP contribution >= 0.6 is 11.8 Å². The minimum atomic E-state index is -0.215. The van der Waals surface area contributed by atoms with E-state index in [1.807, 2.05) is 36.6 Å². The average Bonchev–Trinajstić information content (AvgIpc) is 2.91. The SMILES string of the molecule is CSc1ccc(-c2cc3c(cc2F)nc2n3CCNC2)cc1. The smallest absolute Gasteiger partial charge is 0.133 e. The first-order valence-electron chi connectivity index (χ1n) is 7.30. The first kappa shape index (κ1) is 13.8. The molecule has 1 aliphatic rings. The number of thioether (sulfide) groups is 1. The van der Waals surface area contributed by atoms with Crippen LogP contribution < -0.4 is 5.32 Å². The zero-order valence-electron chi connectivity index (χ0n) is 12.3. The van der Waals surface area contributed by atoms with E-state index in [4.69, 9.17) is 0 Å². The highest BCUT2D eigenvalue weighted by atomic mass is 32.2. The largest absolute Gasteiger partial charge is 0.326 e. The highest BCUT2D eigenvalue weighted by Gasteiger charge is 2.17. The number of halogens is 1. The Morgan fingerprint density at radius 1 is 1.23 bits per heavy atom. The van der Waals surface area contributed by atoms with E-state index in [-0.39, 0.29) is 5.82 Å². The van der Waals surface area contributed by atoms with Crippen LogP contribution in [-0.2, 0) is 13.1 Å². The lowest BCUT2D eigenvalue weighted by Crippen LogP contribution is -2.28. The topological polar surface area (TPSA) is 29.9 Å². The number of hydrogen-bond donors (Lipinski definition) is 1. The summed E-state index contributed by atoms with van der Waals surface area (Å²) in [7, 11) is 0. The van der Waals surface area contributed by atoms with Gasteiger partial charge in [0.05, 0.1) is 17.6 Å². The zero-order valence-corrected chi connectivity index (χ0v) is 13.1. The van der Waals surface area contributed by atoms with Gasteiger partial charge in [-0.1, -0.05) is 12.1 Å². The van der Waals surface area contributed by atoms with E-state index < -0.39 is 0 Å². The summed E-state index contributed by atoms with van der Waals surface area (Å²) in [4.78, 5) is 5.71. The highest BCUT2D eigenvalue weighted by Crippen LogP contribution is 2.30. The number of aromatic nitrogens is 2. The molecule has 3 nitrogen and oxygen atoms in total. The number of nitrogens with zero attached hydrogens (tertiary/aromatic N) is 2. The first-order chi connectivity index (χ1) is 10.8. The maximum atomic E-state index is 14.5. The number of imidazole rings is 1. The van der Waals surface area contributed by atoms with Crippen molar-refractivity contribution in [2.45, 2.75) is 18.0 Å². The monoisotopic (exact) mass is 313 g/mol. The lowest BCUT2D eigenvalue weighted by molar-refractivity contribution is 0.514. The summed E-state index contributed by atoms with van der Waals surface area (Å²) >= 11 is 1.68. The van der Waals surface area contributed by atoms with Crippen LogP contribution in [0.15, 0.2) is 41.3 Å². The van der Waals surface area contributed by atoms with E-state index in [2.05, 4.69) is 14.9 Å². The van der Waals surface area contributed by atoms with Gasteiger partial charge in [-0.15, -0.1) is 11.8 Å². The molecule has 0 atom stereocenters. The van der Waals surface area contributed by atoms with Gasteiger partial charge in [-0.3, -0.25) is 0 Å². The van der Waals surface area contributed by atoms with Crippen LogP contribution in [0.1, 0.15) is 5.82 Å². The Labute approximate surface area is 132 Å². The first-order valence-corrected chi connectivity index (χ1v) is 8.52. The Morgan fingerprint density at radius 2 is 2.05 bits per heavy atom. The molecule has 0 amide bonds. The molecule has 1 aromatic heterocycles. The van der Waals surface area contributed by atoms with E-state index in [1.54, 1.807) is 17.8 Å². The molecule has 0 bridgehead atoms. The molecule has 5 heteroatoms. The molecule has 1 N–H and O–H groups in total. The number of nitrogens with one attached hydrogen (secondary N) is 1. The number of rotatable bonds is 2. The van der Waals surface area contributed by atoms with Crippen molar-refractivity contribution >= 4 is 22.8 Å². The standard InChI is InChI=1S/C17H16FN3S/c1-22-12-4-2-11(3-5-12)13-8-16-15(9-14(13)18)20-17-10-19-6-7-21(16)17/h2-5,8-9,19H,6-7,10H2,1H3. The summed E-state index contributed by atoms with van der Waals surface area (Å²) < 4.78 is 16.7. The van der Waals surface area contributed by atoms with E-state index in [1.165, 1.54) is 4.90 Å². The Balaban J connectivity index is 1.87. The van der Waals surface area contributed by atoms with Crippen molar-refractivity contribution in [2.75, 3.05) is 12.8 Å². The van der Waals surface area contributed by atoms with Crippen LogP contribution in [0.25, 0.3) is 22.2 Å². The average molecular weight is 313 g/mol. The Morgan fingerprint density at radius 3 is 2.82 bits per heavy atom. The molecule has 0 spiro atoms. The van der Waals surface area contributed by atoms with Gasteiger partial charge in [0.1, 0.15) is 11.6 Å². The molecule has 2 heterocycles. The van der Waals surface area contributed by atoms with Crippen LogP contribution in [0.4, 0.5) is 4.39 Å². The molecule has 0 unspecified atom stereocenters. The summed E-state index contributed by atoms with van der Waals surface area (Å²) in [6, 6.07) is 11.5. The van der Waals surface area contributed by atoms with Gasteiger partial charge >= 0.3 is 0 Å². The lowest BCUT2D eigenvalue weighted by Gasteiger charge is -2.15.